The summed E-state index contributed by atoms with van der Waals surface area (Å²) < 4.78 is 0. The number of imide groups is 1. The predicted molar refractivity (Wildman–Crippen MR) is 119 cm³/mol. The van der Waals surface area contributed by atoms with Crippen molar-refractivity contribution in [2.45, 2.75) is 25.7 Å². The molecule has 31 heavy (non-hydrogen) atoms. The number of nitrogens with zero attached hydrogens (tertiary/aromatic N) is 3. The monoisotopic (exact) mass is 441 g/mol. The smallest absolute Gasteiger partial charge is 0.261 e. The first-order valence-corrected chi connectivity index (χ1v) is 10.8. The number of benzene rings is 1. The molecule has 2 aliphatic rings. The lowest BCUT2D eigenvalue weighted by atomic mass is 10.1. The Labute approximate surface area is 184 Å². The minimum absolute atomic E-state index is 0.0618. The van der Waals surface area contributed by atoms with Crippen LogP contribution in [-0.4, -0.2) is 58.6 Å². The standard InChI is InChI=1S/C22H24ClN5O3/c23-17-7-8-25-20(29)18(17)19(24)26-14-5-6-15-16(13-14)22(31)28(21(15)30)12-4-3-11-27-9-1-2-10-27/h5-8,13H,1-4,9-12H2,(H2,24,26)(H,25,29). The molecule has 1 saturated heterocycles. The number of hydrogen-bond acceptors (Lipinski definition) is 5. The fourth-order valence-electron chi connectivity index (χ4n) is 4.05. The van der Waals surface area contributed by atoms with Crippen molar-refractivity contribution in [2.24, 2.45) is 10.7 Å². The van der Waals surface area contributed by atoms with Crippen molar-refractivity contribution in [1.29, 1.82) is 0 Å². The average molecular weight is 442 g/mol. The number of rotatable bonds is 7. The van der Waals surface area contributed by atoms with Crippen LogP contribution in [0, 0.1) is 0 Å². The number of aliphatic imine (C=N–C) groups is 1. The number of nitrogens with one attached hydrogen (secondary N) is 1. The third kappa shape index (κ3) is 4.40. The molecule has 1 aromatic heterocycles. The second-order valence-corrected chi connectivity index (χ2v) is 8.18. The molecule has 3 N–H and O–H groups in total. The highest BCUT2D eigenvalue weighted by Crippen LogP contribution is 2.28. The fraction of sp³-hybridized carbons (Fsp3) is 0.364. The van der Waals surface area contributed by atoms with E-state index in [9.17, 15) is 14.4 Å². The van der Waals surface area contributed by atoms with Gasteiger partial charge in [-0.15, -0.1) is 0 Å². The lowest BCUT2D eigenvalue weighted by molar-refractivity contribution is 0.0650. The number of carbonyl (C=O) groups excluding carboxylic acids is 2. The summed E-state index contributed by atoms with van der Waals surface area (Å²) >= 11 is 6.06. The number of aromatic nitrogens is 1. The zero-order chi connectivity index (χ0) is 22.0. The van der Waals surface area contributed by atoms with E-state index >= 15 is 0 Å². The van der Waals surface area contributed by atoms with Crippen LogP contribution in [0.2, 0.25) is 5.02 Å². The number of amides is 2. The minimum atomic E-state index is -0.457. The average Bonchev–Trinajstić information content (AvgIpc) is 3.33. The summed E-state index contributed by atoms with van der Waals surface area (Å²) in [5.41, 5.74) is 6.60. The van der Waals surface area contributed by atoms with Gasteiger partial charge in [-0.1, -0.05) is 11.6 Å². The van der Waals surface area contributed by atoms with E-state index in [0.717, 1.165) is 32.5 Å². The van der Waals surface area contributed by atoms with Crippen LogP contribution in [0.15, 0.2) is 40.2 Å². The van der Waals surface area contributed by atoms with Crippen molar-refractivity contribution in [3.8, 4) is 0 Å². The summed E-state index contributed by atoms with van der Waals surface area (Å²) in [5, 5.41) is 0.178. The summed E-state index contributed by atoms with van der Waals surface area (Å²) in [5.74, 6) is -0.679. The van der Waals surface area contributed by atoms with E-state index < -0.39 is 5.56 Å². The lowest BCUT2D eigenvalue weighted by Crippen LogP contribution is -2.31. The molecule has 2 aliphatic heterocycles. The molecule has 0 radical (unpaired) electrons. The maximum atomic E-state index is 12.8. The van der Waals surface area contributed by atoms with Crippen LogP contribution in [0.25, 0.3) is 0 Å². The van der Waals surface area contributed by atoms with Crippen LogP contribution in [0.1, 0.15) is 52.0 Å². The van der Waals surface area contributed by atoms with Crippen LogP contribution < -0.4 is 11.3 Å². The highest BCUT2D eigenvalue weighted by molar-refractivity contribution is 6.34. The van der Waals surface area contributed by atoms with Crippen molar-refractivity contribution >= 4 is 34.9 Å². The van der Waals surface area contributed by atoms with Gasteiger partial charge in [0.15, 0.2) is 0 Å². The predicted octanol–water partition coefficient (Wildman–Crippen LogP) is 2.54. The number of nitrogens with two attached hydrogens (primary N) is 1. The van der Waals surface area contributed by atoms with Crippen LogP contribution >= 0.6 is 11.6 Å². The Morgan fingerprint density at radius 3 is 2.48 bits per heavy atom. The second-order valence-electron chi connectivity index (χ2n) is 7.77. The van der Waals surface area contributed by atoms with E-state index in [0.29, 0.717) is 23.4 Å². The molecular formula is C22H24ClN5O3. The van der Waals surface area contributed by atoms with Gasteiger partial charge in [-0.25, -0.2) is 4.99 Å². The molecule has 1 fully saturated rings. The second kappa shape index (κ2) is 9.03. The number of halogens is 1. The molecule has 8 nitrogen and oxygen atoms in total. The van der Waals surface area contributed by atoms with Gasteiger partial charge in [0.25, 0.3) is 17.4 Å². The Kier molecular flexibility index (Phi) is 6.20. The number of H-pyrrole nitrogens is 1. The highest BCUT2D eigenvalue weighted by Gasteiger charge is 2.35. The van der Waals surface area contributed by atoms with Gasteiger partial charge in [0.2, 0.25) is 0 Å². The van der Waals surface area contributed by atoms with Gasteiger partial charge in [-0.2, -0.15) is 0 Å². The minimum Gasteiger partial charge on any atom is -0.383 e. The maximum absolute atomic E-state index is 12.8. The molecule has 0 bridgehead atoms. The van der Waals surface area contributed by atoms with E-state index in [4.69, 9.17) is 17.3 Å². The van der Waals surface area contributed by atoms with E-state index in [-0.39, 0.29) is 28.2 Å². The van der Waals surface area contributed by atoms with Gasteiger partial charge in [-0.05, 0) is 69.6 Å². The molecule has 0 aliphatic carbocycles. The van der Waals surface area contributed by atoms with Crippen molar-refractivity contribution in [2.75, 3.05) is 26.2 Å². The van der Waals surface area contributed by atoms with Gasteiger partial charge in [0.05, 0.1) is 21.8 Å². The molecule has 0 atom stereocenters. The zero-order valence-corrected chi connectivity index (χ0v) is 17.8. The molecule has 0 spiro atoms. The summed E-state index contributed by atoms with van der Waals surface area (Å²) in [6.45, 7) is 3.68. The third-order valence-corrected chi connectivity index (χ3v) is 5.99. The molecule has 2 amide bonds. The number of hydrogen-bond donors (Lipinski definition) is 2. The van der Waals surface area contributed by atoms with Crippen molar-refractivity contribution in [3.63, 3.8) is 0 Å². The Morgan fingerprint density at radius 1 is 1.03 bits per heavy atom. The third-order valence-electron chi connectivity index (χ3n) is 5.67. The van der Waals surface area contributed by atoms with Crippen LogP contribution in [0.3, 0.4) is 0 Å². The molecular weight excluding hydrogens is 418 g/mol. The molecule has 9 heteroatoms. The molecule has 0 saturated carbocycles. The summed E-state index contributed by atoms with van der Waals surface area (Å²) in [4.78, 5) is 47.9. The molecule has 0 unspecified atom stereocenters. The number of carbonyl (C=O) groups is 2. The number of fused-ring (bicyclic) bond motifs is 1. The first kappa shape index (κ1) is 21.3. The highest BCUT2D eigenvalue weighted by atomic mass is 35.5. The Balaban J connectivity index is 1.46. The number of amidine groups is 1. The molecule has 3 heterocycles. The van der Waals surface area contributed by atoms with Crippen molar-refractivity contribution < 1.29 is 9.59 Å². The number of likely N-dealkylation sites (tertiary alicyclic amines) is 1. The maximum Gasteiger partial charge on any atom is 0.261 e. The fourth-order valence-corrected chi connectivity index (χ4v) is 4.30. The lowest BCUT2D eigenvalue weighted by Gasteiger charge is -2.16. The first-order valence-electron chi connectivity index (χ1n) is 10.4. The summed E-state index contributed by atoms with van der Waals surface area (Å²) in [6.07, 6.45) is 5.64. The molecule has 2 aromatic rings. The zero-order valence-electron chi connectivity index (χ0n) is 17.1. The Hall–Kier alpha value is -2.97. The van der Waals surface area contributed by atoms with Gasteiger partial charge >= 0.3 is 0 Å². The van der Waals surface area contributed by atoms with Gasteiger partial charge in [0.1, 0.15) is 11.4 Å². The molecule has 1 aromatic carbocycles. The number of pyridine rings is 1. The molecule has 4 rings (SSSR count). The van der Waals surface area contributed by atoms with Crippen molar-refractivity contribution in [1.82, 2.24) is 14.8 Å². The van der Waals surface area contributed by atoms with Crippen LogP contribution in [0.5, 0.6) is 0 Å². The molecule has 162 valence electrons. The number of unbranched alkanes of at least 4 members (excludes halogenated alkanes) is 1. The van der Waals surface area contributed by atoms with Gasteiger partial charge < -0.3 is 15.6 Å². The first-order chi connectivity index (χ1) is 15.0. The van der Waals surface area contributed by atoms with Crippen LogP contribution in [-0.2, 0) is 0 Å². The largest absolute Gasteiger partial charge is 0.383 e. The Morgan fingerprint density at radius 2 is 1.74 bits per heavy atom. The topological polar surface area (TPSA) is 112 Å². The number of aromatic amines is 1. The van der Waals surface area contributed by atoms with E-state index in [1.165, 1.54) is 36.1 Å². The quantitative estimate of drug-likeness (QED) is 0.297. The van der Waals surface area contributed by atoms with Crippen LogP contribution in [0.4, 0.5) is 5.69 Å². The van der Waals surface area contributed by atoms with E-state index in [2.05, 4.69) is 14.9 Å². The summed E-state index contributed by atoms with van der Waals surface area (Å²) in [6, 6.07) is 6.20. The Bertz CT molecular complexity index is 1100. The normalized spacial score (nSPS) is 16.9. The van der Waals surface area contributed by atoms with E-state index in [1.54, 1.807) is 12.1 Å². The van der Waals surface area contributed by atoms with E-state index in [1.807, 2.05) is 0 Å². The SMILES string of the molecule is N/C(=N\c1ccc2c(c1)C(=O)N(CCCCN1CCCC1)C2=O)c1c(Cl)cc[nH]c1=O. The van der Waals surface area contributed by atoms with Gasteiger partial charge in [0, 0.05) is 12.7 Å². The van der Waals surface area contributed by atoms with Gasteiger partial charge in [-0.3, -0.25) is 19.3 Å². The van der Waals surface area contributed by atoms with Crippen molar-refractivity contribution in [3.05, 3.63) is 62.5 Å². The summed E-state index contributed by atoms with van der Waals surface area (Å²) in [7, 11) is 0.